The molecule has 0 unspecified atom stereocenters. The highest BCUT2D eigenvalue weighted by molar-refractivity contribution is 7.10. The highest BCUT2D eigenvalue weighted by atomic mass is 32.1. The van der Waals surface area contributed by atoms with E-state index in [1.54, 1.807) is 6.07 Å². The van der Waals surface area contributed by atoms with E-state index in [0.29, 0.717) is 12.2 Å². The maximum Gasteiger partial charge on any atom is 0.269 e. The smallest absolute Gasteiger partial charge is 0.269 e. The molecule has 0 aromatic carbocycles. The summed E-state index contributed by atoms with van der Waals surface area (Å²) in [7, 11) is 0. The molecule has 0 atom stereocenters. The Morgan fingerprint density at radius 1 is 1.61 bits per heavy atom. The van der Waals surface area contributed by atoms with Gasteiger partial charge < -0.3 is 10.4 Å². The molecule has 2 rings (SSSR count). The topological polar surface area (TPSA) is 78.0 Å². The number of aliphatic hydroxyl groups excluding tert-OH is 1. The zero-order valence-corrected chi connectivity index (χ0v) is 10.3. The lowest BCUT2D eigenvalue weighted by Crippen LogP contribution is -2.22. The van der Waals surface area contributed by atoms with Gasteiger partial charge in [-0.3, -0.25) is 9.89 Å². The van der Waals surface area contributed by atoms with Crippen LogP contribution in [0.2, 0.25) is 0 Å². The minimum Gasteiger partial charge on any atom is -0.384 e. The van der Waals surface area contributed by atoms with Crippen LogP contribution in [0.25, 0.3) is 0 Å². The van der Waals surface area contributed by atoms with Gasteiger partial charge in [-0.2, -0.15) is 5.10 Å². The van der Waals surface area contributed by atoms with Crippen LogP contribution < -0.4 is 5.32 Å². The molecule has 5 nitrogen and oxygen atoms in total. The van der Waals surface area contributed by atoms with Gasteiger partial charge in [-0.05, 0) is 12.1 Å². The number of carbonyl (C=O) groups is 1. The normalized spacial score (nSPS) is 9.61. The lowest BCUT2D eigenvalue weighted by molar-refractivity contribution is 0.0946. The number of hydrogen-bond acceptors (Lipinski definition) is 4. The van der Waals surface area contributed by atoms with E-state index in [4.69, 9.17) is 5.11 Å². The first-order valence-electron chi connectivity index (χ1n) is 5.24. The molecule has 0 saturated carbocycles. The summed E-state index contributed by atoms with van der Waals surface area (Å²) in [6, 6.07) is 3.50. The van der Waals surface area contributed by atoms with Gasteiger partial charge in [0.25, 0.3) is 5.91 Å². The second kappa shape index (κ2) is 6.00. The summed E-state index contributed by atoms with van der Waals surface area (Å²) in [5.41, 5.74) is 1.28. The molecule has 0 fully saturated rings. The molecule has 0 aliphatic carbocycles. The molecular formula is C12H11N3O2S. The lowest BCUT2D eigenvalue weighted by atomic mass is 10.3. The monoisotopic (exact) mass is 261 g/mol. The summed E-state index contributed by atoms with van der Waals surface area (Å²) in [5, 5.41) is 19.6. The van der Waals surface area contributed by atoms with E-state index in [9.17, 15) is 4.79 Å². The predicted octanol–water partition coefficient (Wildman–Crippen LogP) is 0.745. The first-order chi connectivity index (χ1) is 8.79. The second-order valence-corrected chi connectivity index (χ2v) is 4.41. The van der Waals surface area contributed by atoms with E-state index in [0.717, 1.165) is 10.4 Å². The highest BCUT2D eigenvalue weighted by Gasteiger charge is 2.06. The van der Waals surface area contributed by atoms with Crippen LogP contribution in [0.3, 0.4) is 0 Å². The maximum atomic E-state index is 11.6. The number of aromatic nitrogens is 2. The van der Waals surface area contributed by atoms with Crippen molar-refractivity contribution >= 4 is 17.2 Å². The summed E-state index contributed by atoms with van der Waals surface area (Å²) < 4.78 is 0. The van der Waals surface area contributed by atoms with E-state index >= 15 is 0 Å². The van der Waals surface area contributed by atoms with Gasteiger partial charge >= 0.3 is 0 Å². The van der Waals surface area contributed by atoms with Gasteiger partial charge in [-0.25, -0.2) is 0 Å². The Labute approximate surface area is 108 Å². The number of amides is 1. The van der Waals surface area contributed by atoms with Crippen molar-refractivity contribution in [2.24, 2.45) is 0 Å². The maximum absolute atomic E-state index is 11.6. The van der Waals surface area contributed by atoms with Gasteiger partial charge in [-0.15, -0.1) is 11.3 Å². The number of thiophene rings is 1. The number of rotatable bonds is 3. The van der Waals surface area contributed by atoms with E-state index in [1.807, 2.05) is 11.4 Å². The number of aliphatic hydroxyl groups is 1. The van der Waals surface area contributed by atoms with Gasteiger partial charge in [0.05, 0.1) is 6.54 Å². The highest BCUT2D eigenvalue weighted by Crippen LogP contribution is 2.13. The van der Waals surface area contributed by atoms with Gasteiger partial charge in [0.15, 0.2) is 0 Å². The van der Waals surface area contributed by atoms with Crippen LogP contribution in [0.4, 0.5) is 0 Å². The quantitative estimate of drug-likeness (QED) is 0.713. The first-order valence-corrected chi connectivity index (χ1v) is 6.12. The SMILES string of the molecule is O=C(NCc1cc(C#CCO)cs1)c1ccn[nH]1. The molecule has 2 aromatic heterocycles. The van der Waals surface area contributed by atoms with Crippen molar-refractivity contribution in [3.05, 3.63) is 39.8 Å². The number of aromatic amines is 1. The fourth-order valence-electron chi connectivity index (χ4n) is 1.33. The summed E-state index contributed by atoms with van der Waals surface area (Å²) in [6.45, 7) is 0.297. The number of H-pyrrole nitrogens is 1. The van der Waals surface area contributed by atoms with E-state index < -0.39 is 0 Å². The third-order valence-corrected chi connectivity index (χ3v) is 3.07. The Morgan fingerprint density at radius 3 is 3.22 bits per heavy atom. The molecule has 92 valence electrons. The van der Waals surface area contributed by atoms with Gasteiger partial charge in [0.1, 0.15) is 12.3 Å². The standard InChI is InChI=1S/C12H11N3O2S/c16-5-1-2-9-6-10(18-8-9)7-13-12(17)11-3-4-14-15-11/h3-4,6,8,16H,5,7H2,(H,13,17)(H,14,15). The number of nitrogens with one attached hydrogen (secondary N) is 2. The molecule has 2 aromatic rings. The zero-order chi connectivity index (χ0) is 12.8. The number of carbonyl (C=O) groups excluding carboxylic acids is 1. The van der Waals surface area contributed by atoms with Gasteiger partial charge in [-0.1, -0.05) is 11.8 Å². The molecular weight excluding hydrogens is 250 g/mol. The Kier molecular flexibility index (Phi) is 4.12. The van der Waals surface area contributed by atoms with E-state index in [-0.39, 0.29) is 12.5 Å². The largest absolute Gasteiger partial charge is 0.384 e. The van der Waals surface area contributed by atoms with Crippen molar-refractivity contribution in [2.75, 3.05) is 6.61 Å². The first kappa shape index (κ1) is 12.4. The van der Waals surface area contributed by atoms with Gasteiger partial charge in [0, 0.05) is 22.0 Å². The van der Waals surface area contributed by atoms with Crippen molar-refractivity contribution < 1.29 is 9.90 Å². The van der Waals surface area contributed by atoms with Crippen LogP contribution in [-0.2, 0) is 6.54 Å². The van der Waals surface area contributed by atoms with Crippen LogP contribution in [-0.4, -0.2) is 27.8 Å². The van der Waals surface area contributed by atoms with Gasteiger partial charge in [0.2, 0.25) is 0 Å². The Morgan fingerprint density at radius 2 is 2.50 bits per heavy atom. The average molecular weight is 261 g/mol. The molecule has 0 saturated heterocycles. The molecule has 0 aliphatic heterocycles. The third-order valence-electron chi connectivity index (χ3n) is 2.13. The molecule has 0 bridgehead atoms. The predicted molar refractivity (Wildman–Crippen MR) is 68.0 cm³/mol. The van der Waals surface area contributed by atoms with Crippen LogP contribution in [0.15, 0.2) is 23.7 Å². The molecule has 3 N–H and O–H groups in total. The Hall–Kier alpha value is -2.10. The summed E-state index contributed by atoms with van der Waals surface area (Å²) in [6.07, 6.45) is 1.53. The van der Waals surface area contributed by atoms with E-state index in [2.05, 4.69) is 27.4 Å². The van der Waals surface area contributed by atoms with Crippen molar-refractivity contribution in [1.29, 1.82) is 0 Å². The molecule has 18 heavy (non-hydrogen) atoms. The molecule has 0 radical (unpaired) electrons. The van der Waals surface area contributed by atoms with Crippen LogP contribution >= 0.6 is 11.3 Å². The van der Waals surface area contributed by atoms with Crippen molar-refractivity contribution in [2.45, 2.75) is 6.54 Å². The van der Waals surface area contributed by atoms with Crippen molar-refractivity contribution in [3.8, 4) is 11.8 Å². The summed E-state index contributed by atoms with van der Waals surface area (Å²) >= 11 is 1.51. The van der Waals surface area contributed by atoms with Crippen LogP contribution in [0.1, 0.15) is 20.9 Å². The van der Waals surface area contributed by atoms with Crippen LogP contribution in [0, 0.1) is 11.8 Å². The Balaban J connectivity index is 1.90. The number of hydrogen-bond donors (Lipinski definition) is 3. The summed E-state index contributed by atoms with van der Waals surface area (Å²) in [4.78, 5) is 12.6. The molecule has 1 amide bonds. The fourth-order valence-corrected chi connectivity index (χ4v) is 2.08. The second-order valence-electron chi connectivity index (χ2n) is 3.41. The lowest BCUT2D eigenvalue weighted by Gasteiger charge is -2.00. The molecule has 6 heteroatoms. The minimum atomic E-state index is -0.191. The van der Waals surface area contributed by atoms with E-state index in [1.165, 1.54) is 17.5 Å². The average Bonchev–Trinajstić information content (AvgIpc) is 3.04. The zero-order valence-electron chi connectivity index (χ0n) is 9.43. The number of nitrogens with zero attached hydrogens (tertiary/aromatic N) is 1. The molecule has 2 heterocycles. The van der Waals surface area contributed by atoms with Crippen LogP contribution in [0.5, 0.6) is 0 Å². The van der Waals surface area contributed by atoms with Crippen molar-refractivity contribution in [1.82, 2.24) is 15.5 Å². The Bertz CT molecular complexity index is 578. The molecule has 0 aliphatic rings. The summed E-state index contributed by atoms with van der Waals surface area (Å²) in [5.74, 6) is 5.20. The fraction of sp³-hybridized carbons (Fsp3) is 0.167. The minimum absolute atomic E-state index is 0.151. The molecule has 0 spiro atoms. The third kappa shape index (κ3) is 3.20. The van der Waals surface area contributed by atoms with Crippen molar-refractivity contribution in [3.63, 3.8) is 0 Å².